The van der Waals surface area contributed by atoms with Gasteiger partial charge < -0.3 is 10.5 Å². The summed E-state index contributed by atoms with van der Waals surface area (Å²) in [6, 6.07) is 9.54. The third kappa shape index (κ3) is 2.83. The second kappa shape index (κ2) is 5.40. The first-order valence-corrected chi connectivity index (χ1v) is 5.95. The van der Waals surface area contributed by atoms with Gasteiger partial charge in [-0.1, -0.05) is 12.1 Å². The van der Waals surface area contributed by atoms with Crippen LogP contribution in [-0.4, -0.2) is 4.98 Å². The number of nitrogens with zero attached hydrogens (tertiary/aromatic N) is 2. The Balaban J connectivity index is 2.22. The van der Waals surface area contributed by atoms with Crippen molar-refractivity contribution in [1.82, 2.24) is 4.98 Å². The van der Waals surface area contributed by atoms with Gasteiger partial charge in [0.1, 0.15) is 24.1 Å². The summed E-state index contributed by atoms with van der Waals surface area (Å²) >= 11 is 0. The van der Waals surface area contributed by atoms with Crippen LogP contribution in [0.2, 0.25) is 0 Å². The second-order valence-corrected chi connectivity index (χ2v) is 4.41. The van der Waals surface area contributed by atoms with Gasteiger partial charge >= 0.3 is 0 Å². The first-order valence-electron chi connectivity index (χ1n) is 5.95. The van der Waals surface area contributed by atoms with Crippen molar-refractivity contribution in [3.05, 3.63) is 52.8 Å². The number of rotatable bonds is 3. The summed E-state index contributed by atoms with van der Waals surface area (Å²) in [4.78, 5) is 4.00. The van der Waals surface area contributed by atoms with Gasteiger partial charge in [-0.05, 0) is 37.1 Å². The van der Waals surface area contributed by atoms with Gasteiger partial charge in [-0.2, -0.15) is 5.26 Å². The fourth-order valence-electron chi connectivity index (χ4n) is 1.99. The fourth-order valence-corrected chi connectivity index (χ4v) is 1.99. The number of pyridine rings is 1. The number of nitriles is 1. The van der Waals surface area contributed by atoms with Gasteiger partial charge in [0.25, 0.3) is 0 Å². The smallest absolute Gasteiger partial charge is 0.147 e. The monoisotopic (exact) mass is 253 g/mol. The van der Waals surface area contributed by atoms with Gasteiger partial charge in [0, 0.05) is 11.8 Å². The van der Waals surface area contributed by atoms with Gasteiger partial charge in [-0.25, -0.2) is 4.98 Å². The van der Waals surface area contributed by atoms with E-state index in [9.17, 15) is 0 Å². The van der Waals surface area contributed by atoms with Crippen molar-refractivity contribution >= 4 is 5.69 Å². The van der Waals surface area contributed by atoms with Gasteiger partial charge in [0.15, 0.2) is 0 Å². The van der Waals surface area contributed by atoms with Crippen LogP contribution in [0, 0.1) is 25.2 Å². The van der Waals surface area contributed by atoms with Crippen LogP contribution < -0.4 is 10.5 Å². The summed E-state index contributed by atoms with van der Waals surface area (Å²) in [6.45, 7) is 4.22. The molecule has 1 aromatic carbocycles. The highest BCUT2D eigenvalue weighted by Crippen LogP contribution is 2.28. The highest BCUT2D eigenvalue weighted by atomic mass is 16.5. The van der Waals surface area contributed by atoms with Crippen molar-refractivity contribution in [3.8, 4) is 11.8 Å². The summed E-state index contributed by atoms with van der Waals surface area (Å²) in [7, 11) is 0. The van der Waals surface area contributed by atoms with Crippen LogP contribution in [0.4, 0.5) is 5.69 Å². The number of aryl methyl sites for hydroxylation is 2. The molecule has 0 fully saturated rings. The molecule has 96 valence electrons. The van der Waals surface area contributed by atoms with Gasteiger partial charge in [-0.3, -0.25) is 0 Å². The predicted molar refractivity (Wildman–Crippen MR) is 73.6 cm³/mol. The molecule has 0 aliphatic carbocycles. The number of aromatic nitrogens is 1. The molecular formula is C15H15N3O. The Morgan fingerprint density at radius 2 is 2.16 bits per heavy atom. The highest BCUT2D eigenvalue weighted by Gasteiger charge is 2.08. The molecule has 0 saturated carbocycles. The normalized spacial score (nSPS) is 9.95. The van der Waals surface area contributed by atoms with Crippen LogP contribution in [0.1, 0.15) is 22.4 Å². The van der Waals surface area contributed by atoms with E-state index in [0.29, 0.717) is 17.1 Å². The lowest BCUT2D eigenvalue weighted by Crippen LogP contribution is -2.03. The summed E-state index contributed by atoms with van der Waals surface area (Å²) in [5.74, 6) is 0.665. The van der Waals surface area contributed by atoms with Gasteiger partial charge in [0.05, 0.1) is 5.69 Å². The molecule has 0 amide bonds. The number of nitrogens with two attached hydrogens (primary N) is 1. The van der Waals surface area contributed by atoms with E-state index in [1.165, 1.54) is 0 Å². The lowest BCUT2D eigenvalue weighted by molar-refractivity contribution is 0.305. The molecule has 2 aromatic rings. The maximum atomic E-state index is 8.97. The average molecular weight is 253 g/mol. The number of anilines is 1. The summed E-state index contributed by atoms with van der Waals surface area (Å²) in [5, 5.41) is 8.97. The zero-order valence-corrected chi connectivity index (χ0v) is 11.0. The molecule has 0 unspecified atom stereocenters. The van der Waals surface area contributed by atoms with Crippen LogP contribution in [0.25, 0.3) is 0 Å². The minimum Gasteiger partial charge on any atom is -0.486 e. The largest absolute Gasteiger partial charge is 0.486 e. The third-order valence-electron chi connectivity index (χ3n) is 2.82. The van der Waals surface area contributed by atoms with Crippen LogP contribution in [0.15, 0.2) is 30.5 Å². The van der Waals surface area contributed by atoms with Crippen LogP contribution in [-0.2, 0) is 6.61 Å². The van der Waals surface area contributed by atoms with Crippen molar-refractivity contribution < 1.29 is 4.74 Å². The average Bonchev–Trinajstić information content (AvgIpc) is 2.38. The van der Waals surface area contributed by atoms with Gasteiger partial charge in [-0.15, -0.1) is 0 Å². The van der Waals surface area contributed by atoms with E-state index in [2.05, 4.69) is 4.98 Å². The Hall–Kier alpha value is -2.54. The maximum absolute atomic E-state index is 8.97. The third-order valence-corrected chi connectivity index (χ3v) is 2.82. The van der Waals surface area contributed by atoms with E-state index in [1.807, 2.05) is 38.1 Å². The lowest BCUT2D eigenvalue weighted by atomic mass is 10.1. The molecule has 0 saturated heterocycles. The number of nitrogen functional groups attached to an aromatic ring is 1. The Bertz CT molecular complexity index is 621. The van der Waals surface area contributed by atoms with E-state index < -0.39 is 0 Å². The number of hydrogen-bond donors (Lipinski definition) is 1. The molecule has 0 aliphatic heterocycles. The Kier molecular flexibility index (Phi) is 3.67. The second-order valence-electron chi connectivity index (χ2n) is 4.41. The summed E-state index contributed by atoms with van der Waals surface area (Å²) in [6.07, 6.45) is 1.59. The van der Waals surface area contributed by atoms with Crippen molar-refractivity contribution in [2.45, 2.75) is 20.5 Å². The van der Waals surface area contributed by atoms with E-state index >= 15 is 0 Å². The molecule has 0 aliphatic rings. The highest BCUT2D eigenvalue weighted by molar-refractivity contribution is 5.58. The number of hydrogen-bond acceptors (Lipinski definition) is 4. The molecule has 2 N–H and O–H groups in total. The van der Waals surface area contributed by atoms with Crippen LogP contribution >= 0.6 is 0 Å². The fraction of sp³-hybridized carbons (Fsp3) is 0.200. The van der Waals surface area contributed by atoms with E-state index in [-0.39, 0.29) is 6.61 Å². The van der Waals surface area contributed by atoms with Crippen molar-refractivity contribution in [3.63, 3.8) is 0 Å². The Morgan fingerprint density at radius 3 is 2.84 bits per heavy atom. The molecule has 2 rings (SSSR count). The SMILES string of the molecule is Cc1cc(C)c(OCc2cccnc2C#N)c(N)c1. The Labute approximate surface area is 112 Å². The molecule has 19 heavy (non-hydrogen) atoms. The van der Waals surface area contributed by atoms with Gasteiger partial charge in [0.2, 0.25) is 0 Å². The summed E-state index contributed by atoms with van der Waals surface area (Å²) in [5.41, 5.74) is 9.78. The molecule has 0 bridgehead atoms. The molecule has 1 heterocycles. The molecule has 0 radical (unpaired) electrons. The molecule has 0 spiro atoms. The minimum absolute atomic E-state index is 0.283. The Morgan fingerprint density at radius 1 is 1.37 bits per heavy atom. The standard InChI is InChI=1S/C15H15N3O/c1-10-6-11(2)15(13(17)7-10)19-9-12-4-3-5-18-14(12)8-16/h3-7H,9,17H2,1-2H3. The molecular weight excluding hydrogens is 238 g/mol. The molecule has 1 aromatic heterocycles. The van der Waals surface area contributed by atoms with Crippen molar-refractivity contribution in [2.24, 2.45) is 0 Å². The van der Waals surface area contributed by atoms with Crippen LogP contribution in [0.5, 0.6) is 5.75 Å². The predicted octanol–water partition coefficient (Wildman–Crippen LogP) is 2.73. The topological polar surface area (TPSA) is 71.9 Å². The van der Waals surface area contributed by atoms with Crippen LogP contribution in [0.3, 0.4) is 0 Å². The summed E-state index contributed by atoms with van der Waals surface area (Å²) < 4.78 is 5.74. The maximum Gasteiger partial charge on any atom is 0.147 e. The van der Waals surface area contributed by atoms with E-state index in [1.54, 1.807) is 12.3 Å². The number of ether oxygens (including phenoxy) is 1. The molecule has 4 heteroatoms. The zero-order chi connectivity index (χ0) is 13.8. The molecule has 4 nitrogen and oxygen atoms in total. The molecule has 0 atom stereocenters. The minimum atomic E-state index is 0.283. The quantitative estimate of drug-likeness (QED) is 0.854. The first kappa shape index (κ1) is 12.9. The number of benzene rings is 1. The zero-order valence-electron chi connectivity index (χ0n) is 11.0. The van der Waals surface area contributed by atoms with E-state index in [0.717, 1.165) is 16.7 Å². The lowest BCUT2D eigenvalue weighted by Gasteiger charge is -2.13. The van der Waals surface area contributed by atoms with E-state index in [4.69, 9.17) is 15.7 Å². The van der Waals surface area contributed by atoms with Crippen molar-refractivity contribution in [1.29, 1.82) is 5.26 Å². The first-order chi connectivity index (χ1) is 9.11. The van der Waals surface area contributed by atoms with Crippen molar-refractivity contribution in [2.75, 3.05) is 5.73 Å².